The Morgan fingerprint density at radius 2 is 2.17 bits per heavy atom. The molecule has 4 nitrogen and oxygen atoms in total. The van der Waals surface area contributed by atoms with Crippen LogP contribution in [-0.2, 0) is 11.8 Å². The van der Waals surface area contributed by atoms with E-state index in [0.29, 0.717) is 11.6 Å². The Kier molecular flexibility index (Phi) is 2.76. The summed E-state index contributed by atoms with van der Waals surface area (Å²) in [5.41, 5.74) is 2.04. The Labute approximate surface area is 110 Å². The lowest BCUT2D eigenvalue weighted by molar-refractivity contribution is -0.124. The fraction of sp³-hybridized carbons (Fsp3) is 0.308. The molecule has 3 rings (SSSR count). The summed E-state index contributed by atoms with van der Waals surface area (Å²) in [5.74, 6) is 0.0262. The summed E-state index contributed by atoms with van der Waals surface area (Å²) < 4.78 is 2.04. The van der Waals surface area contributed by atoms with Crippen molar-refractivity contribution in [3.05, 3.63) is 35.0 Å². The van der Waals surface area contributed by atoms with E-state index in [4.69, 9.17) is 11.6 Å². The van der Waals surface area contributed by atoms with Crippen LogP contribution in [0.1, 0.15) is 11.7 Å². The summed E-state index contributed by atoms with van der Waals surface area (Å²) >= 11 is 5.99. The molecule has 2 aromatic rings. The Bertz CT molecular complexity index is 620. The van der Waals surface area contributed by atoms with Gasteiger partial charge in [-0.15, -0.1) is 0 Å². The topological polar surface area (TPSA) is 46.1 Å². The number of hydrogen-bond acceptors (Lipinski definition) is 2. The first kappa shape index (κ1) is 11.6. The monoisotopic (exact) mass is 263 g/mol. The lowest BCUT2D eigenvalue weighted by Crippen LogP contribution is -2.47. The third kappa shape index (κ3) is 1.78. The number of hydrogen-bond donors (Lipinski definition) is 2. The van der Waals surface area contributed by atoms with Crippen molar-refractivity contribution in [3.63, 3.8) is 0 Å². The van der Waals surface area contributed by atoms with Crippen LogP contribution in [0.4, 0.5) is 0 Å². The number of aromatic nitrogens is 1. The van der Waals surface area contributed by atoms with Crippen LogP contribution in [0.2, 0.25) is 5.02 Å². The van der Waals surface area contributed by atoms with E-state index in [2.05, 4.69) is 10.6 Å². The average molecular weight is 264 g/mol. The second kappa shape index (κ2) is 4.30. The van der Waals surface area contributed by atoms with E-state index in [1.165, 1.54) is 0 Å². The minimum Gasteiger partial charge on any atom is -0.353 e. The van der Waals surface area contributed by atoms with Gasteiger partial charge in [0, 0.05) is 41.8 Å². The van der Waals surface area contributed by atoms with Crippen LogP contribution in [0.15, 0.2) is 24.3 Å². The number of nitrogens with zero attached hydrogens (tertiary/aromatic N) is 1. The Morgan fingerprint density at radius 3 is 2.94 bits per heavy atom. The SMILES string of the molecule is Cn1c(C2NCCNC2=O)cc2cc(Cl)ccc21. The number of carbonyl (C=O) groups excluding carboxylic acids is 1. The third-order valence-electron chi connectivity index (χ3n) is 3.37. The largest absolute Gasteiger partial charge is 0.353 e. The van der Waals surface area contributed by atoms with Gasteiger partial charge in [-0.05, 0) is 24.3 Å². The van der Waals surface area contributed by atoms with Gasteiger partial charge in [0.1, 0.15) is 6.04 Å². The second-order valence-electron chi connectivity index (χ2n) is 4.51. The quantitative estimate of drug-likeness (QED) is 0.821. The van der Waals surface area contributed by atoms with Gasteiger partial charge in [0.15, 0.2) is 0 Å². The molecular weight excluding hydrogens is 250 g/mol. The molecule has 2 heterocycles. The highest BCUT2D eigenvalue weighted by Gasteiger charge is 2.26. The van der Waals surface area contributed by atoms with E-state index >= 15 is 0 Å². The number of nitrogens with one attached hydrogen (secondary N) is 2. The molecule has 0 aliphatic carbocycles. The lowest BCUT2D eigenvalue weighted by Gasteiger charge is -2.24. The van der Waals surface area contributed by atoms with E-state index in [1.54, 1.807) is 0 Å². The molecule has 5 heteroatoms. The summed E-state index contributed by atoms with van der Waals surface area (Å²) in [5, 5.41) is 7.87. The first-order valence-corrected chi connectivity index (χ1v) is 6.30. The molecule has 1 aromatic carbocycles. The first-order chi connectivity index (χ1) is 8.66. The molecule has 18 heavy (non-hydrogen) atoms. The standard InChI is InChI=1S/C13H14ClN3O/c1-17-10-3-2-9(14)6-8(10)7-11(17)12-13(18)16-5-4-15-12/h2-3,6-7,12,15H,4-5H2,1H3,(H,16,18). The van der Waals surface area contributed by atoms with Crippen molar-refractivity contribution in [3.8, 4) is 0 Å². The molecule has 0 bridgehead atoms. The number of aryl methyl sites for hydroxylation is 1. The van der Waals surface area contributed by atoms with Gasteiger partial charge in [-0.25, -0.2) is 0 Å². The van der Waals surface area contributed by atoms with Crippen molar-refractivity contribution in [1.29, 1.82) is 0 Å². The lowest BCUT2D eigenvalue weighted by atomic mass is 10.1. The predicted molar refractivity (Wildman–Crippen MR) is 71.7 cm³/mol. The minimum absolute atomic E-state index is 0.0262. The van der Waals surface area contributed by atoms with Gasteiger partial charge >= 0.3 is 0 Å². The van der Waals surface area contributed by atoms with Gasteiger partial charge in [0.25, 0.3) is 0 Å². The van der Waals surface area contributed by atoms with Gasteiger partial charge in [0.2, 0.25) is 5.91 Å². The fourth-order valence-corrected chi connectivity index (χ4v) is 2.64. The van der Waals surface area contributed by atoms with Crippen LogP contribution in [0.5, 0.6) is 0 Å². The first-order valence-electron chi connectivity index (χ1n) is 5.93. The van der Waals surface area contributed by atoms with Gasteiger partial charge in [-0.2, -0.15) is 0 Å². The summed E-state index contributed by atoms with van der Waals surface area (Å²) in [6.45, 7) is 1.48. The number of halogens is 1. The van der Waals surface area contributed by atoms with Crippen molar-refractivity contribution in [2.45, 2.75) is 6.04 Å². The number of fused-ring (bicyclic) bond motifs is 1. The van der Waals surface area contributed by atoms with Crippen LogP contribution in [0, 0.1) is 0 Å². The molecule has 0 saturated carbocycles. The van der Waals surface area contributed by atoms with Crippen molar-refractivity contribution in [2.75, 3.05) is 13.1 Å². The molecule has 1 aliphatic rings. The van der Waals surface area contributed by atoms with Crippen molar-refractivity contribution < 1.29 is 4.79 Å². The number of rotatable bonds is 1. The van der Waals surface area contributed by atoms with Crippen molar-refractivity contribution in [2.24, 2.45) is 7.05 Å². The summed E-state index contributed by atoms with van der Waals surface area (Å²) in [4.78, 5) is 11.9. The highest BCUT2D eigenvalue weighted by Crippen LogP contribution is 2.26. The average Bonchev–Trinajstić information content (AvgIpc) is 2.67. The smallest absolute Gasteiger partial charge is 0.243 e. The van der Waals surface area contributed by atoms with Crippen LogP contribution < -0.4 is 10.6 Å². The second-order valence-corrected chi connectivity index (χ2v) is 4.95. The predicted octanol–water partition coefficient (Wildman–Crippen LogP) is 1.59. The van der Waals surface area contributed by atoms with Crippen LogP contribution in [0.3, 0.4) is 0 Å². The number of amides is 1. The molecule has 1 amide bonds. The van der Waals surface area contributed by atoms with Gasteiger partial charge in [-0.1, -0.05) is 11.6 Å². The number of benzene rings is 1. The zero-order chi connectivity index (χ0) is 12.7. The maximum atomic E-state index is 11.9. The maximum absolute atomic E-state index is 11.9. The summed E-state index contributed by atoms with van der Waals surface area (Å²) in [6.07, 6.45) is 0. The van der Waals surface area contributed by atoms with Gasteiger partial charge in [0.05, 0.1) is 0 Å². The van der Waals surface area contributed by atoms with E-state index in [1.807, 2.05) is 35.9 Å². The molecule has 1 fully saturated rings. The van der Waals surface area contributed by atoms with Gasteiger partial charge in [-0.3, -0.25) is 10.1 Å². The molecule has 1 saturated heterocycles. The molecule has 0 radical (unpaired) electrons. The highest BCUT2D eigenvalue weighted by atomic mass is 35.5. The van der Waals surface area contributed by atoms with Crippen molar-refractivity contribution >= 4 is 28.4 Å². The third-order valence-corrected chi connectivity index (χ3v) is 3.61. The molecule has 0 spiro atoms. The summed E-state index contributed by atoms with van der Waals surface area (Å²) in [7, 11) is 1.97. The van der Waals surface area contributed by atoms with Crippen LogP contribution in [0.25, 0.3) is 10.9 Å². The van der Waals surface area contributed by atoms with E-state index in [-0.39, 0.29) is 11.9 Å². The molecule has 2 N–H and O–H groups in total. The van der Waals surface area contributed by atoms with E-state index < -0.39 is 0 Å². The molecule has 1 aliphatic heterocycles. The van der Waals surface area contributed by atoms with Crippen LogP contribution in [-0.4, -0.2) is 23.6 Å². The fourth-order valence-electron chi connectivity index (χ4n) is 2.45. The minimum atomic E-state index is -0.282. The van der Waals surface area contributed by atoms with Gasteiger partial charge < -0.3 is 9.88 Å². The van der Waals surface area contributed by atoms with Crippen LogP contribution >= 0.6 is 11.6 Å². The normalized spacial score (nSPS) is 20.1. The molecule has 1 unspecified atom stereocenters. The van der Waals surface area contributed by atoms with E-state index in [0.717, 1.165) is 23.1 Å². The Hall–Kier alpha value is -1.52. The number of piperazine rings is 1. The van der Waals surface area contributed by atoms with Crippen molar-refractivity contribution in [1.82, 2.24) is 15.2 Å². The van der Waals surface area contributed by atoms with E-state index in [9.17, 15) is 4.79 Å². The molecule has 1 atom stereocenters. The molecule has 1 aromatic heterocycles. The Morgan fingerprint density at radius 1 is 1.33 bits per heavy atom. The zero-order valence-electron chi connectivity index (χ0n) is 10.0. The Balaban J connectivity index is 2.11. The highest BCUT2D eigenvalue weighted by molar-refractivity contribution is 6.31. The summed E-state index contributed by atoms with van der Waals surface area (Å²) in [6, 6.07) is 7.49. The zero-order valence-corrected chi connectivity index (χ0v) is 10.8. The number of carbonyl (C=O) groups is 1. The maximum Gasteiger partial charge on any atom is 0.243 e. The molecular formula is C13H14ClN3O. The molecule has 94 valence electrons.